The Morgan fingerprint density at radius 1 is 1.41 bits per heavy atom. The minimum Gasteiger partial charge on any atom is -0.375 e. The predicted octanol–water partition coefficient (Wildman–Crippen LogP) is 1.45. The Hall–Kier alpha value is -0.610. The molecule has 0 aromatic heterocycles. The average molecular weight is 242 g/mol. The Morgan fingerprint density at radius 2 is 2.12 bits per heavy atom. The molecule has 2 N–H and O–H groups in total. The molecule has 0 saturated carbocycles. The van der Waals surface area contributed by atoms with Crippen LogP contribution < -0.4 is 10.6 Å². The Labute approximate surface area is 104 Å². The van der Waals surface area contributed by atoms with Crippen molar-refractivity contribution in [2.45, 2.75) is 57.6 Å². The molecule has 0 radical (unpaired) electrons. The van der Waals surface area contributed by atoms with Gasteiger partial charge in [-0.2, -0.15) is 0 Å². The third-order valence-corrected chi connectivity index (χ3v) is 3.85. The summed E-state index contributed by atoms with van der Waals surface area (Å²) in [6, 6.07) is 0.494. The van der Waals surface area contributed by atoms with E-state index in [0.717, 1.165) is 38.8 Å². The van der Waals surface area contributed by atoms with E-state index in [1.54, 1.807) is 7.05 Å². The molecule has 1 unspecified atom stereocenters. The summed E-state index contributed by atoms with van der Waals surface area (Å²) >= 11 is 0. The Morgan fingerprint density at radius 3 is 2.71 bits per heavy atom. The van der Waals surface area contributed by atoms with Gasteiger partial charge in [-0.15, -0.1) is 0 Å². The highest BCUT2D eigenvalue weighted by atomic mass is 16.5. The van der Waals surface area contributed by atoms with Crippen LogP contribution in [0.2, 0.25) is 0 Å². The Balaban J connectivity index is 2.32. The quantitative estimate of drug-likeness (QED) is 0.741. The summed E-state index contributed by atoms with van der Waals surface area (Å²) in [6.07, 6.45) is 4.80. The van der Waals surface area contributed by atoms with Crippen LogP contribution in [-0.4, -0.2) is 37.7 Å². The molecule has 4 nitrogen and oxygen atoms in total. The summed E-state index contributed by atoms with van der Waals surface area (Å²) in [7, 11) is 1.68. The molecule has 1 amide bonds. The minimum absolute atomic E-state index is 0.0585. The van der Waals surface area contributed by atoms with Crippen molar-refractivity contribution in [1.82, 2.24) is 10.6 Å². The first-order valence-corrected chi connectivity index (χ1v) is 6.73. The van der Waals surface area contributed by atoms with Crippen LogP contribution in [0.4, 0.5) is 0 Å². The van der Waals surface area contributed by atoms with Crippen LogP contribution in [0.25, 0.3) is 0 Å². The van der Waals surface area contributed by atoms with Crippen molar-refractivity contribution in [2.75, 3.05) is 20.2 Å². The van der Waals surface area contributed by atoms with E-state index in [2.05, 4.69) is 24.5 Å². The first-order valence-electron chi connectivity index (χ1n) is 6.73. The van der Waals surface area contributed by atoms with Crippen molar-refractivity contribution in [3.8, 4) is 0 Å². The highest BCUT2D eigenvalue weighted by Gasteiger charge is 2.34. The summed E-state index contributed by atoms with van der Waals surface area (Å²) in [5.74, 6) is 0.0989. The molecule has 4 heteroatoms. The van der Waals surface area contributed by atoms with Crippen molar-refractivity contribution < 1.29 is 9.53 Å². The molecule has 1 aliphatic rings. The van der Waals surface area contributed by atoms with Gasteiger partial charge in [-0.25, -0.2) is 0 Å². The Bertz CT molecular complexity index is 240. The van der Waals surface area contributed by atoms with Gasteiger partial charge in [0.15, 0.2) is 0 Å². The number of hydrogen-bond acceptors (Lipinski definition) is 3. The number of carbonyl (C=O) groups is 1. The second-order valence-electron chi connectivity index (χ2n) is 4.81. The van der Waals surface area contributed by atoms with E-state index in [9.17, 15) is 4.79 Å². The number of nitrogens with one attached hydrogen (secondary N) is 2. The molecule has 1 fully saturated rings. The number of carbonyl (C=O) groups excluding carboxylic acids is 1. The zero-order valence-corrected chi connectivity index (χ0v) is 11.3. The lowest BCUT2D eigenvalue weighted by molar-refractivity contribution is -0.120. The van der Waals surface area contributed by atoms with Crippen LogP contribution in [0.3, 0.4) is 0 Å². The monoisotopic (exact) mass is 242 g/mol. The molecule has 1 rings (SSSR count). The molecule has 0 aliphatic carbocycles. The van der Waals surface area contributed by atoms with Crippen LogP contribution in [-0.2, 0) is 9.53 Å². The third kappa shape index (κ3) is 4.28. The van der Waals surface area contributed by atoms with Crippen molar-refractivity contribution in [3.63, 3.8) is 0 Å². The fraction of sp³-hybridized carbons (Fsp3) is 0.923. The van der Waals surface area contributed by atoms with Gasteiger partial charge in [-0.05, 0) is 25.7 Å². The highest BCUT2D eigenvalue weighted by Crippen LogP contribution is 2.31. The van der Waals surface area contributed by atoms with Gasteiger partial charge in [-0.1, -0.05) is 13.8 Å². The molecule has 100 valence electrons. The summed E-state index contributed by atoms with van der Waals surface area (Å²) in [4.78, 5) is 11.1. The van der Waals surface area contributed by atoms with Crippen molar-refractivity contribution in [1.29, 1.82) is 0 Å². The normalized spacial score (nSPS) is 23.4. The lowest BCUT2D eigenvalue weighted by Crippen LogP contribution is -2.47. The smallest absolute Gasteiger partial charge is 0.221 e. The second-order valence-corrected chi connectivity index (χ2v) is 4.81. The van der Waals surface area contributed by atoms with Crippen LogP contribution >= 0.6 is 0 Å². The first kappa shape index (κ1) is 14.5. The molecule has 0 bridgehead atoms. The van der Waals surface area contributed by atoms with Gasteiger partial charge in [0.2, 0.25) is 5.91 Å². The van der Waals surface area contributed by atoms with Crippen LogP contribution in [0, 0.1) is 0 Å². The second kappa shape index (κ2) is 6.97. The van der Waals surface area contributed by atoms with Crippen molar-refractivity contribution in [3.05, 3.63) is 0 Å². The molecule has 0 spiro atoms. The van der Waals surface area contributed by atoms with Gasteiger partial charge >= 0.3 is 0 Å². The van der Waals surface area contributed by atoms with Crippen LogP contribution in [0.1, 0.15) is 46.0 Å². The maximum atomic E-state index is 11.1. The maximum Gasteiger partial charge on any atom is 0.221 e. The number of hydrogen-bond donors (Lipinski definition) is 2. The van der Waals surface area contributed by atoms with Crippen molar-refractivity contribution in [2.24, 2.45) is 0 Å². The highest BCUT2D eigenvalue weighted by molar-refractivity contribution is 5.75. The first-order chi connectivity index (χ1) is 8.15. The van der Waals surface area contributed by atoms with Gasteiger partial charge in [0.1, 0.15) is 0 Å². The van der Waals surface area contributed by atoms with Crippen LogP contribution in [0.5, 0.6) is 0 Å². The maximum absolute atomic E-state index is 11.1. The van der Waals surface area contributed by atoms with Gasteiger partial charge in [0.25, 0.3) is 0 Å². The summed E-state index contributed by atoms with van der Waals surface area (Å²) in [5, 5.41) is 6.11. The third-order valence-electron chi connectivity index (χ3n) is 3.85. The Kier molecular flexibility index (Phi) is 5.92. The molecular formula is C13H26N2O2. The summed E-state index contributed by atoms with van der Waals surface area (Å²) < 4.78 is 5.92. The number of amides is 1. The molecule has 0 aromatic carbocycles. The van der Waals surface area contributed by atoms with E-state index in [1.165, 1.54) is 0 Å². The molecular weight excluding hydrogens is 216 g/mol. The molecule has 0 aromatic rings. The van der Waals surface area contributed by atoms with E-state index >= 15 is 0 Å². The SMILES string of the molecule is CCC1(CC)CC(NCCC(=O)NC)CCO1. The molecule has 1 aliphatic heterocycles. The fourth-order valence-electron chi connectivity index (χ4n) is 2.46. The van der Waals surface area contributed by atoms with E-state index in [1.807, 2.05) is 0 Å². The molecule has 1 atom stereocenters. The minimum atomic E-state index is 0.0585. The fourth-order valence-corrected chi connectivity index (χ4v) is 2.46. The van der Waals surface area contributed by atoms with Crippen molar-refractivity contribution >= 4 is 5.91 Å². The largest absolute Gasteiger partial charge is 0.375 e. The lowest BCUT2D eigenvalue weighted by atomic mass is 9.86. The van der Waals surface area contributed by atoms with E-state index in [0.29, 0.717) is 12.5 Å². The number of rotatable bonds is 6. The van der Waals surface area contributed by atoms with E-state index < -0.39 is 0 Å². The number of ether oxygens (including phenoxy) is 1. The molecule has 1 saturated heterocycles. The van der Waals surface area contributed by atoms with Gasteiger partial charge in [0, 0.05) is 32.7 Å². The predicted molar refractivity (Wildman–Crippen MR) is 69.0 cm³/mol. The van der Waals surface area contributed by atoms with E-state index in [4.69, 9.17) is 4.74 Å². The van der Waals surface area contributed by atoms with Gasteiger partial charge in [-0.3, -0.25) is 4.79 Å². The molecule has 17 heavy (non-hydrogen) atoms. The van der Waals surface area contributed by atoms with Crippen LogP contribution in [0.15, 0.2) is 0 Å². The summed E-state index contributed by atoms with van der Waals surface area (Å²) in [5.41, 5.74) is 0.0585. The van der Waals surface area contributed by atoms with Gasteiger partial charge < -0.3 is 15.4 Å². The van der Waals surface area contributed by atoms with Gasteiger partial charge in [0.05, 0.1) is 5.60 Å². The topological polar surface area (TPSA) is 50.4 Å². The molecule has 1 heterocycles. The standard InChI is InChI=1S/C13H26N2O2/c1-4-13(5-2)10-11(7-9-17-13)15-8-6-12(16)14-3/h11,15H,4-10H2,1-3H3,(H,14,16). The average Bonchev–Trinajstić information content (AvgIpc) is 2.38. The zero-order valence-electron chi connectivity index (χ0n) is 11.3. The van der Waals surface area contributed by atoms with E-state index in [-0.39, 0.29) is 11.5 Å². The lowest BCUT2D eigenvalue weighted by Gasteiger charge is -2.40. The zero-order chi connectivity index (χ0) is 12.7. The summed E-state index contributed by atoms with van der Waals surface area (Å²) in [6.45, 7) is 5.97.